The number of ether oxygens (including phenoxy) is 1. The summed E-state index contributed by atoms with van der Waals surface area (Å²) in [5.41, 5.74) is 4.25. The van der Waals surface area contributed by atoms with E-state index < -0.39 is 0 Å². The predicted octanol–water partition coefficient (Wildman–Crippen LogP) is 3.14. The maximum absolute atomic E-state index is 12.1. The number of hydrogen-bond acceptors (Lipinski definition) is 3. The molecule has 2 rings (SSSR count). The quantitative estimate of drug-likeness (QED) is 0.827. The Hall–Kier alpha value is -1.84. The lowest BCUT2D eigenvalue weighted by Crippen LogP contribution is -2.20. The van der Waals surface area contributed by atoms with Crippen molar-refractivity contribution in [1.82, 2.24) is 5.43 Å². The number of hydrogen-bond donors (Lipinski definition) is 1. The van der Waals surface area contributed by atoms with E-state index in [1.807, 2.05) is 25.1 Å². The van der Waals surface area contributed by atoms with E-state index in [9.17, 15) is 4.79 Å². The summed E-state index contributed by atoms with van der Waals surface area (Å²) in [4.78, 5) is 12.1. The van der Waals surface area contributed by atoms with Gasteiger partial charge in [0, 0.05) is 5.71 Å². The zero-order valence-corrected chi connectivity index (χ0v) is 11.3. The Kier molecular flexibility index (Phi) is 4.95. The molecule has 1 N–H and O–H groups in total. The number of benzene rings is 1. The van der Waals surface area contributed by atoms with Crippen molar-refractivity contribution in [1.29, 1.82) is 0 Å². The van der Waals surface area contributed by atoms with Crippen LogP contribution < -0.4 is 10.2 Å². The van der Waals surface area contributed by atoms with Gasteiger partial charge >= 0.3 is 0 Å². The lowest BCUT2D eigenvalue weighted by Gasteiger charge is -2.09. The van der Waals surface area contributed by atoms with Crippen LogP contribution in [0, 0.1) is 0 Å². The van der Waals surface area contributed by atoms with E-state index in [0.717, 1.165) is 25.0 Å². The predicted molar refractivity (Wildman–Crippen MR) is 75.6 cm³/mol. The van der Waals surface area contributed by atoms with Crippen molar-refractivity contribution in [3.63, 3.8) is 0 Å². The van der Waals surface area contributed by atoms with E-state index >= 15 is 0 Å². The molecule has 0 unspecified atom stereocenters. The maximum atomic E-state index is 12.1. The number of nitrogens with zero attached hydrogens (tertiary/aromatic N) is 1. The minimum Gasteiger partial charge on any atom is -0.493 e. The van der Waals surface area contributed by atoms with E-state index in [-0.39, 0.29) is 5.91 Å². The first kappa shape index (κ1) is 13.6. The van der Waals surface area contributed by atoms with Gasteiger partial charge < -0.3 is 4.74 Å². The maximum Gasteiger partial charge on any atom is 0.275 e. The average molecular weight is 260 g/mol. The summed E-state index contributed by atoms with van der Waals surface area (Å²) < 4.78 is 5.57. The Morgan fingerprint density at radius 3 is 2.79 bits per heavy atom. The summed E-state index contributed by atoms with van der Waals surface area (Å²) >= 11 is 0. The van der Waals surface area contributed by atoms with Gasteiger partial charge in [0.1, 0.15) is 5.75 Å². The van der Waals surface area contributed by atoms with E-state index in [4.69, 9.17) is 4.74 Å². The third kappa shape index (κ3) is 3.81. The smallest absolute Gasteiger partial charge is 0.275 e. The van der Waals surface area contributed by atoms with Crippen molar-refractivity contribution in [2.45, 2.75) is 39.0 Å². The van der Waals surface area contributed by atoms with Crippen LogP contribution in [-0.4, -0.2) is 18.2 Å². The summed E-state index contributed by atoms with van der Waals surface area (Å²) in [6, 6.07) is 7.27. The minimum atomic E-state index is -0.203. The van der Waals surface area contributed by atoms with Crippen molar-refractivity contribution >= 4 is 11.6 Å². The fourth-order valence-corrected chi connectivity index (χ4v) is 2.08. The third-order valence-electron chi connectivity index (χ3n) is 3.09. The molecule has 1 amide bonds. The highest BCUT2D eigenvalue weighted by Gasteiger charge is 2.13. The molecule has 0 aliphatic heterocycles. The van der Waals surface area contributed by atoms with Gasteiger partial charge in [-0.1, -0.05) is 19.1 Å². The molecule has 102 valence electrons. The number of carbonyl (C=O) groups excluding carboxylic acids is 1. The molecule has 1 aliphatic rings. The SMILES string of the molecule is CCCOc1ccccc1C(=O)NN=C1CCCC1. The molecule has 0 bridgehead atoms. The van der Waals surface area contributed by atoms with Crippen molar-refractivity contribution in [2.75, 3.05) is 6.61 Å². The van der Waals surface area contributed by atoms with Crippen LogP contribution >= 0.6 is 0 Å². The molecule has 1 aromatic rings. The standard InChI is InChI=1S/C15H20N2O2/c1-2-11-19-14-10-6-5-9-13(14)15(18)17-16-12-7-3-4-8-12/h5-6,9-10H,2-4,7-8,11H2,1H3,(H,17,18). The molecule has 4 heteroatoms. The Labute approximate surface area is 113 Å². The second-order valence-corrected chi connectivity index (χ2v) is 4.67. The van der Waals surface area contributed by atoms with Gasteiger partial charge in [-0.2, -0.15) is 5.10 Å². The molecular weight excluding hydrogens is 240 g/mol. The summed E-state index contributed by atoms with van der Waals surface area (Å²) in [6.45, 7) is 2.65. The van der Waals surface area contributed by atoms with Gasteiger partial charge in [0.05, 0.1) is 12.2 Å². The summed E-state index contributed by atoms with van der Waals surface area (Å²) in [6.07, 6.45) is 5.25. The van der Waals surface area contributed by atoms with E-state index in [2.05, 4.69) is 10.5 Å². The highest BCUT2D eigenvalue weighted by atomic mass is 16.5. The zero-order chi connectivity index (χ0) is 13.5. The van der Waals surface area contributed by atoms with Crippen LogP contribution in [0.5, 0.6) is 5.75 Å². The first-order valence-electron chi connectivity index (χ1n) is 6.89. The first-order chi connectivity index (χ1) is 9.31. The molecule has 1 aromatic carbocycles. The molecule has 0 aromatic heterocycles. The van der Waals surface area contributed by atoms with Crippen LogP contribution in [0.1, 0.15) is 49.4 Å². The number of carbonyl (C=O) groups is 1. The monoisotopic (exact) mass is 260 g/mol. The fourth-order valence-electron chi connectivity index (χ4n) is 2.08. The van der Waals surface area contributed by atoms with Crippen LogP contribution in [0.15, 0.2) is 29.4 Å². The van der Waals surface area contributed by atoms with Crippen LogP contribution in [0.3, 0.4) is 0 Å². The topological polar surface area (TPSA) is 50.7 Å². The first-order valence-corrected chi connectivity index (χ1v) is 6.89. The molecule has 4 nitrogen and oxygen atoms in total. The number of nitrogens with one attached hydrogen (secondary N) is 1. The van der Waals surface area contributed by atoms with Crippen molar-refractivity contribution in [3.05, 3.63) is 29.8 Å². The van der Waals surface area contributed by atoms with E-state index in [0.29, 0.717) is 17.9 Å². The summed E-state index contributed by atoms with van der Waals surface area (Å²) in [5.74, 6) is 0.416. The summed E-state index contributed by atoms with van der Waals surface area (Å²) in [5, 5.41) is 4.18. The van der Waals surface area contributed by atoms with Gasteiger partial charge in [-0.05, 0) is 44.2 Å². The van der Waals surface area contributed by atoms with Gasteiger partial charge in [-0.25, -0.2) is 5.43 Å². The van der Waals surface area contributed by atoms with Crippen LogP contribution in [0.25, 0.3) is 0 Å². The van der Waals surface area contributed by atoms with Crippen LogP contribution in [0.4, 0.5) is 0 Å². The lowest BCUT2D eigenvalue weighted by molar-refractivity contribution is 0.0950. The van der Waals surface area contributed by atoms with E-state index in [1.54, 1.807) is 6.07 Å². The van der Waals surface area contributed by atoms with Gasteiger partial charge in [0.15, 0.2) is 0 Å². The number of para-hydroxylation sites is 1. The molecule has 0 saturated heterocycles. The Morgan fingerprint density at radius 2 is 2.05 bits per heavy atom. The molecule has 0 radical (unpaired) electrons. The van der Waals surface area contributed by atoms with Gasteiger partial charge in [-0.15, -0.1) is 0 Å². The van der Waals surface area contributed by atoms with Crippen LogP contribution in [-0.2, 0) is 0 Å². The number of amides is 1. The highest BCUT2D eigenvalue weighted by Crippen LogP contribution is 2.18. The van der Waals surface area contributed by atoms with E-state index in [1.165, 1.54) is 12.8 Å². The fraction of sp³-hybridized carbons (Fsp3) is 0.467. The Morgan fingerprint density at radius 1 is 1.32 bits per heavy atom. The van der Waals surface area contributed by atoms with Gasteiger partial charge in [0.25, 0.3) is 5.91 Å². The molecule has 0 spiro atoms. The lowest BCUT2D eigenvalue weighted by atomic mass is 10.2. The second-order valence-electron chi connectivity index (χ2n) is 4.67. The molecule has 1 saturated carbocycles. The normalized spacial score (nSPS) is 14.3. The molecule has 0 atom stereocenters. The second kappa shape index (κ2) is 6.92. The molecule has 1 aliphatic carbocycles. The average Bonchev–Trinajstić information content (AvgIpc) is 2.96. The minimum absolute atomic E-state index is 0.203. The Balaban J connectivity index is 2.03. The molecule has 19 heavy (non-hydrogen) atoms. The van der Waals surface area contributed by atoms with Crippen molar-refractivity contribution < 1.29 is 9.53 Å². The number of rotatable bonds is 5. The Bertz CT molecular complexity index is 461. The third-order valence-corrected chi connectivity index (χ3v) is 3.09. The number of hydrazone groups is 1. The molecule has 1 fully saturated rings. The van der Waals surface area contributed by atoms with Crippen molar-refractivity contribution in [3.8, 4) is 5.75 Å². The largest absolute Gasteiger partial charge is 0.493 e. The molecule has 0 heterocycles. The van der Waals surface area contributed by atoms with Crippen molar-refractivity contribution in [2.24, 2.45) is 5.10 Å². The highest BCUT2D eigenvalue weighted by molar-refractivity contribution is 5.98. The summed E-state index contributed by atoms with van der Waals surface area (Å²) in [7, 11) is 0. The molecular formula is C15H20N2O2. The van der Waals surface area contributed by atoms with Crippen LogP contribution in [0.2, 0.25) is 0 Å². The zero-order valence-electron chi connectivity index (χ0n) is 11.3. The van der Waals surface area contributed by atoms with Gasteiger partial charge in [-0.3, -0.25) is 4.79 Å². The van der Waals surface area contributed by atoms with Gasteiger partial charge in [0.2, 0.25) is 0 Å².